The van der Waals surface area contributed by atoms with E-state index in [4.69, 9.17) is 4.74 Å². The van der Waals surface area contributed by atoms with Gasteiger partial charge in [0.25, 0.3) is 0 Å². The van der Waals surface area contributed by atoms with Gasteiger partial charge in [-0.2, -0.15) is 0 Å². The lowest BCUT2D eigenvalue weighted by Gasteiger charge is -2.29. The van der Waals surface area contributed by atoms with E-state index in [1.165, 1.54) is 13.2 Å². The first-order valence-corrected chi connectivity index (χ1v) is 12.4. The second kappa shape index (κ2) is 14.1. The molecule has 1 N–H and O–H groups in total. The Morgan fingerprint density at radius 2 is 1.40 bits per heavy atom. The molecule has 2 nitrogen and oxygen atoms in total. The van der Waals surface area contributed by atoms with Gasteiger partial charge < -0.3 is 9.84 Å². The molecule has 35 heavy (non-hydrogen) atoms. The highest BCUT2D eigenvalue weighted by atomic mass is 19.2. The van der Waals surface area contributed by atoms with E-state index in [2.05, 4.69) is 19.7 Å². The van der Waals surface area contributed by atoms with Crippen LogP contribution in [0.1, 0.15) is 81.3 Å². The summed E-state index contributed by atoms with van der Waals surface area (Å²) in [6.45, 7) is 12.5. The molecule has 5 heteroatoms. The standard InChI is InChI=1S/C27H33F3O2.C3H6/c1-17(16-25(28)18(2)32-3)4-5-19-6-8-20(9-7-19)23-14-15-24(27(30)26(23)29)21-10-12-22(31)13-11-21;1-3-2/h4-5,14-16,19-22,31H,1-2,6-13H2,3H3;3H,1H2,2H3/b5-4+,25-16+;. The fourth-order valence-electron chi connectivity index (χ4n) is 4.87. The van der Waals surface area contributed by atoms with E-state index in [1.807, 2.05) is 13.0 Å². The number of hydrogen-bond donors (Lipinski definition) is 1. The summed E-state index contributed by atoms with van der Waals surface area (Å²) in [6, 6.07) is 3.51. The molecular weight excluding hydrogens is 449 g/mol. The number of hydrogen-bond acceptors (Lipinski definition) is 2. The molecular formula is C30H39F3O2. The zero-order valence-electron chi connectivity index (χ0n) is 21.0. The van der Waals surface area contributed by atoms with Gasteiger partial charge in [0.05, 0.1) is 13.2 Å². The third-order valence-electron chi connectivity index (χ3n) is 6.90. The minimum atomic E-state index is -0.714. The molecule has 0 saturated heterocycles. The van der Waals surface area contributed by atoms with Gasteiger partial charge in [-0.3, -0.25) is 0 Å². The van der Waals surface area contributed by atoms with Gasteiger partial charge in [-0.1, -0.05) is 43.5 Å². The summed E-state index contributed by atoms with van der Waals surface area (Å²) in [5, 5.41) is 9.67. The molecule has 2 aliphatic carbocycles. The summed E-state index contributed by atoms with van der Waals surface area (Å²) in [5.41, 5.74) is 1.43. The quantitative estimate of drug-likeness (QED) is 0.237. The predicted molar refractivity (Wildman–Crippen MR) is 138 cm³/mol. The number of halogens is 3. The molecule has 2 fully saturated rings. The SMILES string of the molecule is C=C(/C=C/C1CCC(c2ccc(C3CCC(O)CC3)c(F)c2F)CC1)/C=C(/F)C(=C)OC.C=CC. The molecule has 0 aromatic heterocycles. The van der Waals surface area contributed by atoms with Crippen molar-refractivity contribution in [3.05, 3.63) is 96.1 Å². The summed E-state index contributed by atoms with van der Waals surface area (Å²) < 4.78 is 48.3. The molecule has 0 aliphatic heterocycles. The Balaban J connectivity index is 0.00000137. The van der Waals surface area contributed by atoms with Gasteiger partial charge in [-0.25, -0.2) is 13.2 Å². The molecule has 2 aliphatic rings. The second-order valence-electron chi connectivity index (χ2n) is 9.45. The molecule has 0 spiro atoms. The van der Waals surface area contributed by atoms with Crippen molar-refractivity contribution in [3.8, 4) is 0 Å². The van der Waals surface area contributed by atoms with Gasteiger partial charge in [-0.15, -0.1) is 6.58 Å². The first-order valence-electron chi connectivity index (χ1n) is 12.4. The van der Waals surface area contributed by atoms with Crippen LogP contribution < -0.4 is 0 Å². The van der Waals surface area contributed by atoms with Crippen LogP contribution in [0.25, 0.3) is 0 Å². The summed E-state index contributed by atoms with van der Waals surface area (Å²) in [4.78, 5) is 0. The van der Waals surface area contributed by atoms with Crippen LogP contribution in [0.15, 0.2) is 73.3 Å². The summed E-state index contributed by atoms with van der Waals surface area (Å²) in [6.07, 6.45) is 12.4. The lowest BCUT2D eigenvalue weighted by molar-refractivity contribution is 0.122. The number of rotatable bonds is 7. The molecule has 0 unspecified atom stereocenters. The van der Waals surface area contributed by atoms with Crippen LogP contribution in [0.3, 0.4) is 0 Å². The Bertz CT molecular complexity index is 931. The van der Waals surface area contributed by atoms with E-state index in [-0.39, 0.29) is 23.7 Å². The Labute approximate surface area is 208 Å². The zero-order valence-corrected chi connectivity index (χ0v) is 21.0. The lowest BCUT2D eigenvalue weighted by atomic mass is 9.77. The van der Waals surface area contributed by atoms with Gasteiger partial charge in [0.2, 0.25) is 0 Å². The molecule has 2 saturated carbocycles. The fourth-order valence-corrected chi connectivity index (χ4v) is 4.87. The van der Waals surface area contributed by atoms with Crippen molar-refractivity contribution < 1.29 is 23.0 Å². The van der Waals surface area contributed by atoms with Crippen molar-refractivity contribution in [2.24, 2.45) is 5.92 Å². The average molecular weight is 489 g/mol. The smallest absolute Gasteiger partial charge is 0.164 e. The topological polar surface area (TPSA) is 29.5 Å². The average Bonchev–Trinajstić information content (AvgIpc) is 2.85. The van der Waals surface area contributed by atoms with E-state index >= 15 is 0 Å². The van der Waals surface area contributed by atoms with Gasteiger partial charge >= 0.3 is 0 Å². The minimum Gasteiger partial charge on any atom is -0.494 e. The normalized spacial score (nSPS) is 24.9. The van der Waals surface area contributed by atoms with E-state index in [1.54, 1.807) is 24.3 Å². The number of aliphatic hydroxyl groups excluding tert-OH is 1. The first-order chi connectivity index (χ1) is 16.7. The lowest BCUT2D eigenvalue weighted by Crippen LogP contribution is -2.19. The fraction of sp³-hybridized carbons (Fsp3) is 0.467. The number of allylic oxidation sites excluding steroid dienone is 6. The largest absolute Gasteiger partial charge is 0.494 e. The Morgan fingerprint density at radius 1 is 0.943 bits per heavy atom. The Morgan fingerprint density at radius 3 is 1.86 bits per heavy atom. The minimum absolute atomic E-state index is 0.00180. The maximum atomic E-state index is 14.9. The Kier molecular flexibility index (Phi) is 11.6. The maximum absolute atomic E-state index is 14.9. The van der Waals surface area contributed by atoms with Gasteiger partial charge in [-0.05, 0) is 98.8 Å². The monoisotopic (exact) mass is 488 g/mol. The third-order valence-corrected chi connectivity index (χ3v) is 6.90. The van der Waals surface area contributed by atoms with Crippen LogP contribution >= 0.6 is 0 Å². The van der Waals surface area contributed by atoms with E-state index in [0.717, 1.165) is 25.7 Å². The number of ether oxygens (including phenoxy) is 1. The van der Waals surface area contributed by atoms with Gasteiger partial charge in [0.1, 0.15) is 5.76 Å². The molecule has 0 radical (unpaired) electrons. The first kappa shape index (κ1) is 28.7. The maximum Gasteiger partial charge on any atom is 0.164 e. The molecule has 192 valence electrons. The number of aliphatic hydroxyl groups is 1. The molecule has 3 rings (SSSR count). The van der Waals surface area contributed by atoms with Crippen molar-refractivity contribution in [2.45, 2.75) is 76.2 Å². The molecule has 1 aromatic carbocycles. The number of methoxy groups -OCH3 is 1. The molecule has 1 aromatic rings. The second-order valence-corrected chi connectivity index (χ2v) is 9.45. The van der Waals surface area contributed by atoms with Crippen molar-refractivity contribution in [3.63, 3.8) is 0 Å². The van der Waals surface area contributed by atoms with Crippen molar-refractivity contribution in [1.82, 2.24) is 0 Å². The third kappa shape index (κ3) is 8.28. The molecule has 0 heterocycles. The van der Waals surface area contributed by atoms with Crippen LogP contribution in [0.2, 0.25) is 0 Å². The predicted octanol–water partition coefficient (Wildman–Crippen LogP) is 8.58. The molecule has 0 amide bonds. The van der Waals surface area contributed by atoms with E-state index < -0.39 is 17.5 Å². The molecule has 0 bridgehead atoms. The van der Waals surface area contributed by atoms with Gasteiger partial charge in [0.15, 0.2) is 17.5 Å². The summed E-state index contributed by atoms with van der Waals surface area (Å²) in [7, 11) is 1.36. The van der Waals surface area contributed by atoms with Crippen molar-refractivity contribution >= 4 is 0 Å². The van der Waals surface area contributed by atoms with Gasteiger partial charge in [0, 0.05) is 0 Å². The highest BCUT2D eigenvalue weighted by Crippen LogP contribution is 2.40. The number of benzene rings is 1. The zero-order chi connectivity index (χ0) is 26.0. The highest BCUT2D eigenvalue weighted by molar-refractivity contribution is 5.34. The highest BCUT2D eigenvalue weighted by Gasteiger charge is 2.28. The van der Waals surface area contributed by atoms with Crippen LogP contribution in [0.5, 0.6) is 0 Å². The van der Waals surface area contributed by atoms with E-state index in [9.17, 15) is 18.3 Å². The van der Waals surface area contributed by atoms with Crippen molar-refractivity contribution in [1.29, 1.82) is 0 Å². The summed E-state index contributed by atoms with van der Waals surface area (Å²) >= 11 is 0. The summed E-state index contributed by atoms with van der Waals surface area (Å²) in [5.74, 6) is -1.74. The van der Waals surface area contributed by atoms with E-state index in [0.29, 0.717) is 48.3 Å². The van der Waals surface area contributed by atoms with Crippen LogP contribution in [-0.2, 0) is 4.74 Å². The molecule has 0 atom stereocenters. The van der Waals surface area contributed by atoms with Crippen LogP contribution in [0.4, 0.5) is 13.2 Å². The Hall–Kier alpha value is -2.53. The van der Waals surface area contributed by atoms with Crippen LogP contribution in [-0.4, -0.2) is 18.3 Å². The van der Waals surface area contributed by atoms with Crippen LogP contribution in [0, 0.1) is 17.6 Å². The van der Waals surface area contributed by atoms with Crippen molar-refractivity contribution in [2.75, 3.05) is 7.11 Å².